The van der Waals surface area contributed by atoms with E-state index in [0.717, 1.165) is 33.4 Å². The van der Waals surface area contributed by atoms with Crippen LogP contribution >= 0.6 is 0 Å². The van der Waals surface area contributed by atoms with E-state index in [0.29, 0.717) is 22.3 Å². The monoisotopic (exact) mass is 409 g/mol. The highest BCUT2D eigenvalue weighted by atomic mass is 14.3. The van der Waals surface area contributed by atoms with Crippen LogP contribution in [0.15, 0.2) is 78.9 Å². The Hall–Kier alpha value is -4.65. The minimum absolute atomic E-state index is 0.302. The van der Waals surface area contributed by atoms with E-state index in [9.17, 15) is 15.8 Å². The van der Waals surface area contributed by atoms with Gasteiger partial charge in [-0.1, -0.05) is 72.3 Å². The molecule has 0 atom stereocenters. The van der Waals surface area contributed by atoms with Gasteiger partial charge in [0, 0.05) is 5.56 Å². The maximum atomic E-state index is 9.84. The van der Waals surface area contributed by atoms with Crippen LogP contribution in [0.5, 0.6) is 0 Å². The number of nitriles is 3. The van der Waals surface area contributed by atoms with E-state index in [1.807, 2.05) is 49.4 Å². The van der Waals surface area contributed by atoms with E-state index in [4.69, 9.17) is 0 Å². The van der Waals surface area contributed by atoms with Crippen molar-refractivity contribution in [3.63, 3.8) is 0 Å². The van der Waals surface area contributed by atoms with Crippen LogP contribution in [0.1, 0.15) is 27.8 Å². The smallest absolute Gasteiger partial charge is 0.0999 e. The molecular formula is C29H19N3. The van der Waals surface area contributed by atoms with Crippen molar-refractivity contribution < 1.29 is 0 Å². The SMILES string of the molecule is Cc1ccc(-c2c(C#N)cc(C#N)cc2C#N)c(-c2ccccc2-c2ccccc2C)c1. The normalized spacial score (nSPS) is 10.1. The van der Waals surface area contributed by atoms with Gasteiger partial charge in [0.15, 0.2) is 0 Å². The fourth-order valence-electron chi connectivity index (χ4n) is 4.10. The van der Waals surface area contributed by atoms with Crippen LogP contribution in [0.2, 0.25) is 0 Å². The largest absolute Gasteiger partial charge is 0.192 e. The summed E-state index contributed by atoms with van der Waals surface area (Å²) < 4.78 is 0. The lowest BCUT2D eigenvalue weighted by Crippen LogP contribution is -1.96. The zero-order valence-electron chi connectivity index (χ0n) is 17.8. The van der Waals surface area contributed by atoms with E-state index in [1.54, 1.807) is 12.1 Å². The van der Waals surface area contributed by atoms with Crippen LogP contribution in [0.4, 0.5) is 0 Å². The van der Waals surface area contributed by atoms with Crippen molar-refractivity contribution in [1.29, 1.82) is 15.8 Å². The van der Waals surface area contributed by atoms with Crippen molar-refractivity contribution in [2.75, 3.05) is 0 Å². The zero-order chi connectivity index (χ0) is 22.7. The molecule has 0 aliphatic heterocycles. The quantitative estimate of drug-likeness (QED) is 0.369. The molecule has 3 nitrogen and oxygen atoms in total. The minimum Gasteiger partial charge on any atom is -0.192 e. The first-order chi connectivity index (χ1) is 15.6. The first kappa shape index (κ1) is 20.6. The van der Waals surface area contributed by atoms with Crippen LogP contribution in [-0.2, 0) is 0 Å². The molecule has 0 saturated heterocycles. The molecule has 150 valence electrons. The molecule has 0 saturated carbocycles. The highest BCUT2D eigenvalue weighted by Crippen LogP contribution is 2.41. The molecule has 0 heterocycles. The summed E-state index contributed by atoms with van der Waals surface area (Å²) in [6, 6.07) is 32.0. The second kappa shape index (κ2) is 8.61. The topological polar surface area (TPSA) is 71.4 Å². The van der Waals surface area contributed by atoms with Crippen LogP contribution in [0.25, 0.3) is 33.4 Å². The van der Waals surface area contributed by atoms with E-state index < -0.39 is 0 Å². The summed E-state index contributed by atoms with van der Waals surface area (Å²) in [5, 5.41) is 29.0. The Morgan fingerprint density at radius 2 is 1.09 bits per heavy atom. The predicted octanol–water partition coefficient (Wildman–Crippen LogP) is 6.92. The maximum Gasteiger partial charge on any atom is 0.0999 e. The third-order valence-corrected chi connectivity index (χ3v) is 5.61. The van der Waals surface area contributed by atoms with E-state index in [-0.39, 0.29) is 0 Å². The van der Waals surface area contributed by atoms with Crippen molar-refractivity contribution in [2.45, 2.75) is 13.8 Å². The maximum absolute atomic E-state index is 9.84. The molecule has 3 heteroatoms. The third-order valence-electron chi connectivity index (χ3n) is 5.61. The Morgan fingerprint density at radius 1 is 0.531 bits per heavy atom. The highest BCUT2D eigenvalue weighted by Gasteiger charge is 2.19. The van der Waals surface area contributed by atoms with Gasteiger partial charge in [0.05, 0.1) is 34.9 Å². The standard InChI is InChI=1S/C29H19N3/c1-19-11-12-27(29-22(17-31)14-21(16-30)15-23(29)18-32)28(13-19)26-10-6-5-9-25(26)24-8-4-3-7-20(24)2/h3-15H,1-2H3. The summed E-state index contributed by atoms with van der Waals surface area (Å²) in [5.74, 6) is 0. The van der Waals surface area contributed by atoms with Gasteiger partial charge in [-0.3, -0.25) is 0 Å². The predicted molar refractivity (Wildman–Crippen MR) is 126 cm³/mol. The molecule has 0 fully saturated rings. The molecule has 0 bridgehead atoms. The van der Waals surface area contributed by atoms with Crippen molar-refractivity contribution in [1.82, 2.24) is 0 Å². The van der Waals surface area contributed by atoms with Crippen LogP contribution in [0, 0.1) is 47.8 Å². The van der Waals surface area contributed by atoms with Gasteiger partial charge in [-0.25, -0.2) is 0 Å². The molecule has 4 aromatic rings. The van der Waals surface area contributed by atoms with Crippen LogP contribution in [-0.4, -0.2) is 0 Å². The Labute approximate surface area is 188 Å². The molecule has 0 unspecified atom stereocenters. The fourth-order valence-corrected chi connectivity index (χ4v) is 4.10. The van der Waals surface area contributed by atoms with Gasteiger partial charge in [0.25, 0.3) is 0 Å². The number of hydrogen-bond donors (Lipinski definition) is 0. The first-order valence-corrected chi connectivity index (χ1v) is 10.2. The molecule has 0 aliphatic carbocycles. The number of nitrogens with zero attached hydrogens (tertiary/aromatic N) is 3. The molecule has 0 amide bonds. The lowest BCUT2D eigenvalue weighted by atomic mass is 9.84. The van der Waals surface area contributed by atoms with Crippen molar-refractivity contribution in [2.24, 2.45) is 0 Å². The molecule has 4 aromatic carbocycles. The van der Waals surface area contributed by atoms with Crippen molar-refractivity contribution >= 4 is 0 Å². The molecule has 0 N–H and O–H groups in total. The zero-order valence-corrected chi connectivity index (χ0v) is 17.8. The van der Waals surface area contributed by atoms with Gasteiger partial charge in [0.1, 0.15) is 0 Å². The first-order valence-electron chi connectivity index (χ1n) is 10.2. The molecule has 0 spiro atoms. The molecule has 32 heavy (non-hydrogen) atoms. The number of aryl methyl sites for hydroxylation is 2. The summed E-state index contributed by atoms with van der Waals surface area (Å²) in [4.78, 5) is 0. The average Bonchev–Trinajstić information content (AvgIpc) is 2.83. The Morgan fingerprint density at radius 3 is 1.66 bits per heavy atom. The number of rotatable bonds is 3. The summed E-state index contributed by atoms with van der Waals surface area (Å²) in [6.07, 6.45) is 0. The Balaban J connectivity index is 2.08. The number of hydrogen-bond acceptors (Lipinski definition) is 3. The molecule has 4 rings (SSSR count). The number of benzene rings is 4. The Kier molecular flexibility index (Phi) is 5.55. The molecule has 0 aliphatic rings. The summed E-state index contributed by atoms with van der Waals surface area (Å²) in [5.41, 5.74) is 8.74. The van der Waals surface area contributed by atoms with Crippen molar-refractivity contribution in [3.05, 3.63) is 107 Å². The van der Waals surface area contributed by atoms with Gasteiger partial charge in [-0.2, -0.15) is 15.8 Å². The van der Waals surface area contributed by atoms with Gasteiger partial charge in [-0.05, 0) is 59.4 Å². The average molecular weight is 409 g/mol. The lowest BCUT2D eigenvalue weighted by Gasteiger charge is -2.18. The highest BCUT2D eigenvalue weighted by molar-refractivity contribution is 5.95. The van der Waals surface area contributed by atoms with Crippen molar-refractivity contribution in [3.8, 4) is 51.6 Å². The van der Waals surface area contributed by atoms with Crippen LogP contribution < -0.4 is 0 Å². The second-order valence-electron chi connectivity index (χ2n) is 7.69. The summed E-state index contributed by atoms with van der Waals surface area (Å²) in [7, 11) is 0. The van der Waals surface area contributed by atoms with Gasteiger partial charge >= 0.3 is 0 Å². The van der Waals surface area contributed by atoms with E-state index in [1.165, 1.54) is 5.56 Å². The summed E-state index contributed by atoms with van der Waals surface area (Å²) in [6.45, 7) is 4.12. The third kappa shape index (κ3) is 3.63. The molecular weight excluding hydrogens is 390 g/mol. The summed E-state index contributed by atoms with van der Waals surface area (Å²) >= 11 is 0. The van der Waals surface area contributed by atoms with Gasteiger partial charge in [0.2, 0.25) is 0 Å². The Bertz CT molecular complexity index is 1440. The van der Waals surface area contributed by atoms with E-state index in [2.05, 4.69) is 49.4 Å². The fraction of sp³-hybridized carbons (Fsp3) is 0.0690. The van der Waals surface area contributed by atoms with Gasteiger partial charge in [-0.15, -0.1) is 0 Å². The molecule has 0 aromatic heterocycles. The molecule has 0 radical (unpaired) electrons. The lowest BCUT2D eigenvalue weighted by molar-refractivity contribution is 1.40. The van der Waals surface area contributed by atoms with E-state index >= 15 is 0 Å². The minimum atomic E-state index is 0.302. The van der Waals surface area contributed by atoms with Gasteiger partial charge < -0.3 is 0 Å². The second-order valence-corrected chi connectivity index (χ2v) is 7.69. The van der Waals surface area contributed by atoms with Crippen LogP contribution in [0.3, 0.4) is 0 Å².